The number of pyridine rings is 1. The molecule has 3 aromatic heterocycles. The van der Waals surface area contributed by atoms with Gasteiger partial charge in [-0.25, -0.2) is 24.5 Å². The van der Waals surface area contributed by atoms with Gasteiger partial charge in [0, 0.05) is 63.2 Å². The lowest BCUT2D eigenvalue weighted by molar-refractivity contribution is 0.159. The van der Waals surface area contributed by atoms with Crippen molar-refractivity contribution in [1.29, 1.82) is 0 Å². The smallest absolute Gasteiger partial charge is 0.332 e. The SMILES string of the molecule is COCCN1CC2(CCNC2)NC1=O.COc1nc(-c2cccc(-c3cccc(Nc4nc(C)nc5c4c(=O)n(C)c(=O)n5C)c3C)c2Cl)cc2c1CCC2. The second kappa shape index (κ2) is 15.4. The molecule has 288 valence electrons. The van der Waals surface area contributed by atoms with Crippen LogP contribution < -0.4 is 31.9 Å². The first-order chi connectivity index (χ1) is 26.4. The van der Waals surface area contributed by atoms with E-state index < -0.39 is 11.2 Å². The predicted octanol–water partition coefficient (Wildman–Crippen LogP) is 4.66. The average Bonchev–Trinajstić information content (AvgIpc) is 3.92. The number of aryl methyl sites for hydroxylation is 3. The van der Waals surface area contributed by atoms with Gasteiger partial charge in [-0.1, -0.05) is 41.9 Å². The number of nitrogens with zero attached hydrogens (tertiary/aromatic N) is 6. The number of hydrogen-bond acceptors (Lipinski definition) is 10. The largest absolute Gasteiger partial charge is 0.481 e. The Labute approximate surface area is 323 Å². The van der Waals surface area contributed by atoms with Gasteiger partial charge in [0.2, 0.25) is 5.88 Å². The van der Waals surface area contributed by atoms with Crippen LogP contribution in [0.15, 0.2) is 52.1 Å². The summed E-state index contributed by atoms with van der Waals surface area (Å²) >= 11 is 7.08. The highest BCUT2D eigenvalue weighted by Crippen LogP contribution is 2.41. The van der Waals surface area contributed by atoms with Gasteiger partial charge >= 0.3 is 11.7 Å². The number of rotatable bonds is 8. The van der Waals surface area contributed by atoms with Crippen molar-refractivity contribution in [3.8, 4) is 28.3 Å². The highest BCUT2D eigenvalue weighted by atomic mass is 35.5. The van der Waals surface area contributed by atoms with E-state index in [9.17, 15) is 14.4 Å². The van der Waals surface area contributed by atoms with Crippen molar-refractivity contribution in [2.24, 2.45) is 14.1 Å². The van der Waals surface area contributed by atoms with E-state index in [1.165, 1.54) is 22.7 Å². The number of anilines is 2. The highest BCUT2D eigenvalue weighted by molar-refractivity contribution is 6.36. The Morgan fingerprint density at radius 1 is 0.964 bits per heavy atom. The summed E-state index contributed by atoms with van der Waals surface area (Å²) in [5.41, 5.74) is 6.84. The maximum atomic E-state index is 13.1. The summed E-state index contributed by atoms with van der Waals surface area (Å²) in [6, 6.07) is 14.0. The maximum Gasteiger partial charge on any atom is 0.332 e. The fourth-order valence-electron chi connectivity index (χ4n) is 7.79. The van der Waals surface area contributed by atoms with Gasteiger partial charge in [0.05, 0.1) is 30.0 Å². The first-order valence-corrected chi connectivity index (χ1v) is 18.8. The monoisotopic (exact) mass is 767 g/mol. The third kappa shape index (κ3) is 7.17. The standard InChI is InChI=1S/C31H29ClN6O3.C9H17N3O2/c1-16-19(21-12-7-13-22(26(21)32)24-15-18-9-6-11-20(18)29(36-24)41-5)10-8-14-23(16)35-27-25-28(34-17(2)33-27)37(3)31(40)38(4)30(25)39;1-14-5-4-12-7-9(11-8(12)13)2-3-10-6-9/h7-8,10,12-15H,6,9,11H2,1-5H3,(H,33,34,35);10H,2-7H2,1H3,(H,11,13). The topological polar surface area (TPSA) is 158 Å². The van der Waals surface area contributed by atoms with Gasteiger partial charge in [0.25, 0.3) is 5.56 Å². The van der Waals surface area contributed by atoms with Crippen LogP contribution >= 0.6 is 11.6 Å². The summed E-state index contributed by atoms with van der Waals surface area (Å²) in [7, 11) is 6.34. The summed E-state index contributed by atoms with van der Waals surface area (Å²) in [5, 5.41) is 10.5. The van der Waals surface area contributed by atoms with Crippen LogP contribution in [0.3, 0.4) is 0 Å². The van der Waals surface area contributed by atoms with Crippen LogP contribution in [-0.2, 0) is 31.7 Å². The number of benzene rings is 2. The number of nitrogens with one attached hydrogen (secondary N) is 3. The fraction of sp³-hybridized carbons (Fsp3) is 0.400. The summed E-state index contributed by atoms with van der Waals surface area (Å²) in [6.07, 6.45) is 4.09. The Bertz CT molecular complexity index is 2420. The maximum absolute atomic E-state index is 13.1. The van der Waals surface area contributed by atoms with Crippen molar-refractivity contribution < 1.29 is 14.3 Å². The number of halogens is 1. The van der Waals surface area contributed by atoms with Crippen molar-refractivity contribution in [2.45, 2.75) is 45.1 Å². The van der Waals surface area contributed by atoms with Gasteiger partial charge in [-0.3, -0.25) is 13.9 Å². The molecule has 5 heterocycles. The molecule has 1 unspecified atom stereocenters. The minimum atomic E-state index is -0.465. The van der Waals surface area contributed by atoms with Crippen molar-refractivity contribution in [1.82, 2.24) is 39.6 Å². The first kappa shape index (κ1) is 38.0. The number of carbonyl (C=O) groups excluding carboxylic acids is 1. The molecule has 14 nitrogen and oxygen atoms in total. The molecule has 3 N–H and O–H groups in total. The Kier molecular flexibility index (Phi) is 10.7. The molecule has 0 saturated carbocycles. The van der Waals surface area contributed by atoms with E-state index in [1.807, 2.05) is 48.2 Å². The molecule has 2 fully saturated rings. The molecular weight excluding hydrogens is 722 g/mol. The van der Waals surface area contributed by atoms with E-state index in [-0.39, 0.29) is 22.6 Å². The molecule has 2 amide bonds. The molecule has 55 heavy (non-hydrogen) atoms. The highest BCUT2D eigenvalue weighted by Gasteiger charge is 2.44. The lowest BCUT2D eigenvalue weighted by Gasteiger charge is -2.21. The van der Waals surface area contributed by atoms with Crippen LogP contribution in [0.2, 0.25) is 5.02 Å². The van der Waals surface area contributed by atoms with Crippen LogP contribution in [-0.4, -0.2) is 87.6 Å². The summed E-state index contributed by atoms with van der Waals surface area (Å²) in [5.74, 6) is 1.43. The quantitative estimate of drug-likeness (QED) is 0.203. The number of ether oxygens (including phenoxy) is 2. The molecule has 2 saturated heterocycles. The fourth-order valence-corrected chi connectivity index (χ4v) is 8.11. The van der Waals surface area contributed by atoms with Crippen LogP contribution in [0.1, 0.15) is 35.4 Å². The number of carbonyl (C=O) groups is 1. The number of amides is 2. The Balaban J connectivity index is 0.000000278. The van der Waals surface area contributed by atoms with Crippen molar-refractivity contribution in [2.75, 3.05) is 52.3 Å². The zero-order chi connectivity index (χ0) is 39.0. The molecule has 5 aromatic rings. The number of aromatic nitrogens is 5. The molecule has 0 bridgehead atoms. The van der Waals surface area contributed by atoms with Gasteiger partial charge < -0.3 is 30.3 Å². The van der Waals surface area contributed by atoms with Crippen LogP contribution in [0.25, 0.3) is 33.4 Å². The number of urea groups is 1. The first-order valence-electron chi connectivity index (χ1n) is 18.4. The third-order valence-corrected chi connectivity index (χ3v) is 11.2. The predicted molar refractivity (Wildman–Crippen MR) is 214 cm³/mol. The van der Waals surface area contributed by atoms with Gasteiger partial charge in [-0.2, -0.15) is 0 Å². The minimum absolute atomic E-state index is 0.00910. The second-order valence-electron chi connectivity index (χ2n) is 14.4. The van der Waals surface area contributed by atoms with Crippen molar-refractivity contribution >= 4 is 40.2 Å². The van der Waals surface area contributed by atoms with Crippen LogP contribution in [0.5, 0.6) is 5.88 Å². The molecule has 1 atom stereocenters. The third-order valence-electron chi connectivity index (χ3n) is 10.8. The molecule has 2 aromatic carbocycles. The molecular formula is C40H46ClN9O5. The van der Waals surface area contributed by atoms with Crippen molar-refractivity contribution in [3.63, 3.8) is 0 Å². The number of methoxy groups -OCH3 is 2. The van der Waals surface area contributed by atoms with E-state index in [4.69, 9.17) is 26.1 Å². The van der Waals surface area contributed by atoms with Crippen molar-refractivity contribution in [3.05, 3.63) is 90.8 Å². The molecule has 1 spiro atoms. The molecule has 8 rings (SSSR count). The van der Waals surface area contributed by atoms with E-state index >= 15 is 0 Å². The zero-order valence-electron chi connectivity index (χ0n) is 32.0. The van der Waals surface area contributed by atoms with E-state index in [1.54, 1.807) is 28.2 Å². The second-order valence-corrected chi connectivity index (χ2v) is 14.7. The Morgan fingerprint density at radius 3 is 2.47 bits per heavy atom. The lowest BCUT2D eigenvalue weighted by atomic mass is 9.96. The van der Waals surface area contributed by atoms with Crippen LogP contribution in [0.4, 0.5) is 16.3 Å². The van der Waals surface area contributed by atoms with E-state index in [2.05, 4.69) is 32.0 Å². The van der Waals surface area contributed by atoms with E-state index in [0.29, 0.717) is 35.7 Å². The number of hydrogen-bond donors (Lipinski definition) is 3. The summed E-state index contributed by atoms with van der Waals surface area (Å²) < 4.78 is 13.0. The van der Waals surface area contributed by atoms with Gasteiger partial charge in [-0.15, -0.1) is 0 Å². The van der Waals surface area contributed by atoms with Crippen LogP contribution in [0, 0.1) is 13.8 Å². The average molecular weight is 768 g/mol. The molecule has 0 radical (unpaired) electrons. The number of fused-ring (bicyclic) bond motifs is 2. The van der Waals surface area contributed by atoms with Gasteiger partial charge in [-0.05, 0) is 74.9 Å². The molecule has 1 aliphatic carbocycles. The Hall–Kier alpha value is -5.31. The lowest BCUT2D eigenvalue weighted by Crippen LogP contribution is -2.45. The van der Waals surface area contributed by atoms with E-state index in [0.717, 1.165) is 83.5 Å². The van der Waals surface area contributed by atoms with Gasteiger partial charge in [0.1, 0.15) is 17.0 Å². The summed E-state index contributed by atoms with van der Waals surface area (Å²) in [6.45, 7) is 7.70. The van der Waals surface area contributed by atoms with Gasteiger partial charge in [0.15, 0.2) is 5.65 Å². The summed E-state index contributed by atoms with van der Waals surface area (Å²) in [4.78, 5) is 52.8. The molecule has 15 heteroatoms. The molecule has 2 aliphatic heterocycles. The zero-order valence-corrected chi connectivity index (χ0v) is 32.8. The molecule has 3 aliphatic rings. The minimum Gasteiger partial charge on any atom is -0.481 e. The Morgan fingerprint density at radius 2 is 1.73 bits per heavy atom. The normalized spacial score (nSPS) is 17.4.